The van der Waals surface area contributed by atoms with Crippen LogP contribution < -0.4 is 20.5 Å². The van der Waals surface area contributed by atoms with Gasteiger partial charge in [-0.15, -0.1) is 0 Å². The van der Waals surface area contributed by atoms with Crippen LogP contribution in [0.15, 0.2) is 42.7 Å². The molecule has 4 N–H and O–H groups in total. The molecule has 0 bridgehead atoms. The van der Waals surface area contributed by atoms with E-state index in [0.29, 0.717) is 18.7 Å². The van der Waals surface area contributed by atoms with Gasteiger partial charge in [0.05, 0.1) is 16.5 Å². The van der Waals surface area contributed by atoms with Gasteiger partial charge in [-0.05, 0) is 18.6 Å². The van der Waals surface area contributed by atoms with Crippen LogP contribution >= 0.6 is 0 Å². The molecule has 4 rings (SSSR count). The Bertz CT molecular complexity index is 1260. The molecule has 2 aromatic carbocycles. The van der Waals surface area contributed by atoms with Crippen LogP contribution in [0.3, 0.4) is 0 Å². The number of nitrogens with one attached hydrogen (secondary N) is 4. The maximum absolute atomic E-state index is 13.2. The van der Waals surface area contributed by atoms with Crippen molar-refractivity contribution in [1.82, 2.24) is 20.9 Å². The third-order valence-electron chi connectivity index (χ3n) is 5.25. The molecule has 29 heavy (non-hydrogen) atoms. The number of carbonyl (C=O) groups is 2. The molecule has 0 aliphatic heterocycles. The maximum Gasteiger partial charge on any atom is 0.314 e. The summed E-state index contributed by atoms with van der Waals surface area (Å²) >= 11 is 0. The lowest BCUT2D eigenvalue weighted by molar-refractivity contribution is -0.670. The minimum Gasteiger partial charge on any atom is -0.354 e. The summed E-state index contributed by atoms with van der Waals surface area (Å²) in [6, 6.07) is 9.79. The number of rotatable bonds is 4. The van der Waals surface area contributed by atoms with E-state index < -0.39 is 0 Å². The third-order valence-corrected chi connectivity index (χ3v) is 5.25. The van der Waals surface area contributed by atoms with Crippen LogP contribution in [0.25, 0.3) is 32.6 Å². The minimum absolute atomic E-state index is 0.167. The molecule has 4 aromatic rings. The number of nitrogens with zero attached hydrogens (tertiary/aromatic N) is 1. The number of para-hydroxylation sites is 1. The first-order chi connectivity index (χ1) is 14.0. The fourth-order valence-corrected chi connectivity index (χ4v) is 3.87. The van der Waals surface area contributed by atoms with E-state index in [1.165, 1.54) is 0 Å². The highest BCUT2D eigenvalue weighted by Gasteiger charge is 2.22. The number of amides is 3. The number of benzene rings is 2. The first kappa shape index (κ1) is 18.7. The highest BCUT2D eigenvalue weighted by atomic mass is 16.2. The SMILES string of the molecule is CNC(=O)NCCNC(=O)c1c2cc[n+](C)cc2c(C)c2c1[nH]c1ccccc12. The number of aromatic nitrogens is 2. The van der Waals surface area contributed by atoms with Crippen LogP contribution in [0.5, 0.6) is 0 Å². The Morgan fingerprint density at radius 1 is 1.03 bits per heavy atom. The summed E-state index contributed by atoms with van der Waals surface area (Å²) in [4.78, 5) is 27.9. The van der Waals surface area contributed by atoms with E-state index in [4.69, 9.17) is 0 Å². The molecule has 2 heterocycles. The largest absolute Gasteiger partial charge is 0.354 e. The van der Waals surface area contributed by atoms with Gasteiger partial charge in [-0.2, -0.15) is 0 Å². The zero-order valence-corrected chi connectivity index (χ0v) is 16.7. The minimum atomic E-state index is -0.273. The van der Waals surface area contributed by atoms with Crippen molar-refractivity contribution in [3.63, 3.8) is 0 Å². The molecule has 0 radical (unpaired) electrons. The van der Waals surface area contributed by atoms with Crippen molar-refractivity contribution < 1.29 is 14.2 Å². The van der Waals surface area contributed by atoms with Gasteiger partial charge in [-0.25, -0.2) is 9.36 Å². The topological polar surface area (TPSA) is 89.9 Å². The molecular formula is C22H24N5O2+. The normalized spacial score (nSPS) is 11.1. The second-order valence-electron chi connectivity index (χ2n) is 7.12. The molecule has 0 saturated heterocycles. The molecule has 0 aliphatic carbocycles. The second kappa shape index (κ2) is 7.43. The molecule has 0 spiro atoms. The number of hydrogen-bond acceptors (Lipinski definition) is 2. The number of hydrogen-bond donors (Lipinski definition) is 4. The Balaban J connectivity index is 1.85. The van der Waals surface area contributed by atoms with Crippen LogP contribution in [0, 0.1) is 6.92 Å². The molecule has 0 saturated carbocycles. The summed E-state index contributed by atoms with van der Waals surface area (Å²) in [5.74, 6) is -0.167. The van der Waals surface area contributed by atoms with E-state index in [-0.39, 0.29) is 11.9 Å². The van der Waals surface area contributed by atoms with E-state index in [0.717, 1.165) is 38.1 Å². The zero-order chi connectivity index (χ0) is 20.5. The fourth-order valence-electron chi connectivity index (χ4n) is 3.87. The molecule has 148 valence electrons. The molecular weight excluding hydrogens is 366 g/mol. The Morgan fingerprint density at radius 2 is 1.79 bits per heavy atom. The molecule has 0 unspecified atom stereocenters. The van der Waals surface area contributed by atoms with Gasteiger partial charge >= 0.3 is 6.03 Å². The van der Waals surface area contributed by atoms with Gasteiger partial charge in [0.15, 0.2) is 12.4 Å². The number of fused-ring (bicyclic) bond motifs is 4. The Hall–Kier alpha value is -3.61. The van der Waals surface area contributed by atoms with Crippen LogP contribution in [-0.2, 0) is 7.05 Å². The monoisotopic (exact) mass is 390 g/mol. The summed E-state index contributed by atoms with van der Waals surface area (Å²) in [6.07, 6.45) is 4.00. The van der Waals surface area contributed by atoms with Crippen molar-refractivity contribution in [3.05, 3.63) is 53.9 Å². The molecule has 0 atom stereocenters. The van der Waals surface area contributed by atoms with Gasteiger partial charge in [-0.3, -0.25) is 4.79 Å². The standard InChI is InChI=1S/C22H23N5O2/c1-13-16-12-27(3)11-8-14(16)19(21(28)24-9-10-25-22(29)23-2)20-18(13)15-6-4-5-7-17(15)26-20/h4-8,11-12H,9-10H2,1-3H3,(H3,23,24,25,28,29)/p+1. The average molecular weight is 390 g/mol. The van der Waals surface area contributed by atoms with Gasteiger partial charge in [0.25, 0.3) is 5.91 Å². The van der Waals surface area contributed by atoms with Crippen LogP contribution in [0.4, 0.5) is 4.79 Å². The first-order valence-corrected chi connectivity index (χ1v) is 9.57. The van der Waals surface area contributed by atoms with Crippen molar-refractivity contribution in [3.8, 4) is 0 Å². The quantitative estimate of drug-likeness (QED) is 0.318. The molecule has 0 aliphatic rings. The van der Waals surface area contributed by atoms with Crippen LogP contribution in [-0.4, -0.2) is 37.1 Å². The number of aryl methyl sites for hydroxylation is 2. The van der Waals surface area contributed by atoms with Crippen LogP contribution in [0.1, 0.15) is 15.9 Å². The van der Waals surface area contributed by atoms with Gasteiger partial charge in [0, 0.05) is 47.9 Å². The maximum atomic E-state index is 13.2. The van der Waals surface area contributed by atoms with Gasteiger partial charge < -0.3 is 20.9 Å². The summed E-state index contributed by atoms with van der Waals surface area (Å²) in [6.45, 7) is 2.78. The summed E-state index contributed by atoms with van der Waals surface area (Å²) < 4.78 is 1.99. The Morgan fingerprint density at radius 3 is 2.59 bits per heavy atom. The smallest absolute Gasteiger partial charge is 0.314 e. The highest BCUT2D eigenvalue weighted by Crippen LogP contribution is 2.36. The Kier molecular flexibility index (Phi) is 4.80. The molecule has 3 amide bonds. The van der Waals surface area contributed by atoms with Gasteiger partial charge in [-0.1, -0.05) is 18.2 Å². The number of carbonyl (C=O) groups excluding carboxylic acids is 2. The lowest BCUT2D eigenvalue weighted by Gasteiger charge is -2.12. The van der Waals surface area contributed by atoms with E-state index in [1.807, 2.05) is 42.1 Å². The molecule has 7 nitrogen and oxygen atoms in total. The lowest BCUT2D eigenvalue weighted by Crippen LogP contribution is -2.38. The van der Waals surface area contributed by atoms with Crippen molar-refractivity contribution in [2.45, 2.75) is 6.92 Å². The predicted molar refractivity (Wildman–Crippen MR) is 114 cm³/mol. The van der Waals surface area contributed by atoms with Crippen LogP contribution in [0.2, 0.25) is 0 Å². The van der Waals surface area contributed by atoms with Gasteiger partial charge in [0.2, 0.25) is 0 Å². The average Bonchev–Trinajstić information content (AvgIpc) is 3.11. The molecule has 2 aromatic heterocycles. The van der Waals surface area contributed by atoms with Crippen molar-refractivity contribution in [2.75, 3.05) is 20.1 Å². The fraction of sp³-hybridized carbons (Fsp3) is 0.227. The van der Waals surface area contributed by atoms with Crippen molar-refractivity contribution >= 4 is 44.5 Å². The van der Waals surface area contributed by atoms with E-state index in [2.05, 4.69) is 40.1 Å². The number of pyridine rings is 1. The number of urea groups is 1. The van der Waals surface area contributed by atoms with Crippen molar-refractivity contribution in [2.24, 2.45) is 7.05 Å². The first-order valence-electron chi connectivity index (χ1n) is 9.57. The predicted octanol–water partition coefficient (Wildman–Crippen LogP) is 2.27. The molecule has 7 heteroatoms. The lowest BCUT2D eigenvalue weighted by atomic mass is 9.95. The van der Waals surface area contributed by atoms with Gasteiger partial charge in [0.1, 0.15) is 7.05 Å². The second-order valence-corrected chi connectivity index (χ2v) is 7.12. The molecule has 0 fully saturated rings. The van der Waals surface area contributed by atoms with Crippen molar-refractivity contribution in [1.29, 1.82) is 0 Å². The zero-order valence-electron chi connectivity index (χ0n) is 16.7. The number of aromatic amines is 1. The Labute approximate surface area is 168 Å². The highest BCUT2D eigenvalue weighted by molar-refractivity contribution is 6.24. The third kappa shape index (κ3) is 3.24. The van der Waals surface area contributed by atoms with E-state index in [1.54, 1.807) is 7.05 Å². The summed E-state index contributed by atoms with van der Waals surface area (Å²) in [5.41, 5.74) is 3.60. The summed E-state index contributed by atoms with van der Waals surface area (Å²) in [7, 11) is 3.53. The van der Waals surface area contributed by atoms with E-state index in [9.17, 15) is 9.59 Å². The number of H-pyrrole nitrogens is 1. The van der Waals surface area contributed by atoms with E-state index >= 15 is 0 Å². The summed E-state index contributed by atoms with van der Waals surface area (Å²) in [5, 5.41) is 12.2.